The Labute approximate surface area is 127 Å². The van der Waals surface area contributed by atoms with E-state index in [4.69, 9.17) is 5.73 Å². The molecule has 2 aliphatic rings. The van der Waals surface area contributed by atoms with Gasteiger partial charge in [-0.2, -0.15) is 0 Å². The van der Waals surface area contributed by atoms with Gasteiger partial charge in [-0.25, -0.2) is 0 Å². The molecule has 0 saturated heterocycles. The van der Waals surface area contributed by atoms with E-state index in [0.717, 1.165) is 11.3 Å². The number of nitrogens with two attached hydrogens (primary N) is 1. The molecule has 1 amide bonds. The highest BCUT2D eigenvalue weighted by atomic mass is 16.1. The SMILES string of the molecule is Cc1c(NC2CCC3(CCCC3)CC2)cccc1C(N)=O. The van der Waals surface area contributed by atoms with Crippen molar-refractivity contribution < 1.29 is 4.79 Å². The fourth-order valence-electron chi connectivity index (χ4n) is 4.28. The number of anilines is 1. The Hall–Kier alpha value is -1.51. The zero-order valence-electron chi connectivity index (χ0n) is 13.0. The van der Waals surface area contributed by atoms with Gasteiger partial charge in [0.1, 0.15) is 0 Å². The predicted octanol–water partition coefficient (Wildman–Crippen LogP) is 4.01. The summed E-state index contributed by atoms with van der Waals surface area (Å²) < 4.78 is 0. The van der Waals surface area contributed by atoms with E-state index in [1.807, 2.05) is 13.0 Å². The van der Waals surface area contributed by atoms with Crippen LogP contribution in [0.3, 0.4) is 0 Å². The lowest BCUT2D eigenvalue weighted by molar-refractivity contribution is 0.1000. The molecule has 3 nitrogen and oxygen atoms in total. The largest absolute Gasteiger partial charge is 0.382 e. The van der Waals surface area contributed by atoms with Gasteiger partial charge in [-0.3, -0.25) is 4.79 Å². The van der Waals surface area contributed by atoms with Crippen molar-refractivity contribution in [2.24, 2.45) is 11.1 Å². The third-order valence-corrected chi connectivity index (χ3v) is 5.67. The van der Waals surface area contributed by atoms with Crippen LogP contribution in [0, 0.1) is 12.3 Å². The van der Waals surface area contributed by atoms with Gasteiger partial charge in [0.05, 0.1) is 0 Å². The van der Waals surface area contributed by atoms with Crippen LogP contribution in [0.2, 0.25) is 0 Å². The van der Waals surface area contributed by atoms with Gasteiger partial charge in [-0.1, -0.05) is 18.9 Å². The fraction of sp³-hybridized carbons (Fsp3) is 0.611. The molecular weight excluding hydrogens is 260 g/mol. The van der Waals surface area contributed by atoms with Gasteiger partial charge < -0.3 is 11.1 Å². The maximum absolute atomic E-state index is 11.4. The molecule has 3 heteroatoms. The number of hydrogen-bond acceptors (Lipinski definition) is 2. The van der Waals surface area contributed by atoms with E-state index in [0.29, 0.717) is 17.0 Å². The number of nitrogens with one attached hydrogen (secondary N) is 1. The number of carbonyl (C=O) groups excluding carboxylic acids is 1. The summed E-state index contributed by atoms with van der Waals surface area (Å²) in [6, 6.07) is 6.31. The maximum Gasteiger partial charge on any atom is 0.249 e. The molecule has 114 valence electrons. The zero-order chi connectivity index (χ0) is 14.9. The van der Waals surface area contributed by atoms with E-state index in [-0.39, 0.29) is 5.91 Å². The summed E-state index contributed by atoms with van der Waals surface area (Å²) >= 11 is 0. The van der Waals surface area contributed by atoms with Gasteiger partial charge in [0.15, 0.2) is 0 Å². The van der Waals surface area contributed by atoms with Crippen LogP contribution in [-0.4, -0.2) is 11.9 Å². The number of rotatable bonds is 3. The minimum Gasteiger partial charge on any atom is -0.382 e. The third-order valence-electron chi connectivity index (χ3n) is 5.67. The summed E-state index contributed by atoms with van der Waals surface area (Å²) in [5.74, 6) is -0.343. The molecule has 21 heavy (non-hydrogen) atoms. The molecule has 1 aromatic carbocycles. The molecule has 0 heterocycles. The number of benzene rings is 1. The van der Waals surface area contributed by atoms with Gasteiger partial charge in [0.2, 0.25) is 5.91 Å². The average Bonchev–Trinajstić information content (AvgIpc) is 2.92. The van der Waals surface area contributed by atoms with Crippen LogP contribution in [0.5, 0.6) is 0 Å². The van der Waals surface area contributed by atoms with E-state index in [2.05, 4.69) is 11.4 Å². The van der Waals surface area contributed by atoms with E-state index < -0.39 is 0 Å². The molecular formula is C18H26N2O. The van der Waals surface area contributed by atoms with Crippen LogP contribution in [-0.2, 0) is 0 Å². The smallest absolute Gasteiger partial charge is 0.249 e. The lowest BCUT2D eigenvalue weighted by Gasteiger charge is -2.38. The Bertz CT molecular complexity index is 522. The molecule has 0 aromatic heterocycles. The van der Waals surface area contributed by atoms with Crippen LogP contribution in [0.15, 0.2) is 18.2 Å². The molecule has 2 aliphatic carbocycles. The van der Waals surface area contributed by atoms with Gasteiger partial charge >= 0.3 is 0 Å². The minimum absolute atomic E-state index is 0.343. The summed E-state index contributed by atoms with van der Waals surface area (Å²) in [6.07, 6.45) is 11.0. The lowest BCUT2D eigenvalue weighted by atomic mass is 9.71. The van der Waals surface area contributed by atoms with Gasteiger partial charge in [-0.05, 0) is 68.6 Å². The maximum atomic E-state index is 11.4. The van der Waals surface area contributed by atoms with Crippen molar-refractivity contribution in [2.75, 3.05) is 5.32 Å². The highest BCUT2D eigenvalue weighted by Crippen LogP contribution is 2.49. The first-order chi connectivity index (χ1) is 10.1. The fourth-order valence-corrected chi connectivity index (χ4v) is 4.28. The first-order valence-electron chi connectivity index (χ1n) is 8.26. The van der Waals surface area contributed by atoms with Crippen molar-refractivity contribution in [3.8, 4) is 0 Å². The molecule has 0 bridgehead atoms. The van der Waals surface area contributed by atoms with Crippen molar-refractivity contribution in [1.29, 1.82) is 0 Å². The standard InChI is InChI=1S/C18H26N2O/c1-13-15(17(19)21)5-4-6-16(13)20-14-7-11-18(12-8-14)9-2-3-10-18/h4-6,14,20H,2-3,7-12H2,1H3,(H2,19,21). The summed E-state index contributed by atoms with van der Waals surface area (Å²) in [5, 5.41) is 3.64. The Kier molecular flexibility index (Phi) is 3.92. The minimum atomic E-state index is -0.343. The normalized spacial score (nSPS) is 21.6. The number of primary amides is 1. The van der Waals surface area contributed by atoms with Crippen LogP contribution < -0.4 is 11.1 Å². The second kappa shape index (κ2) is 5.70. The highest BCUT2D eigenvalue weighted by Gasteiger charge is 2.37. The topological polar surface area (TPSA) is 55.1 Å². The first kappa shape index (κ1) is 14.4. The van der Waals surface area contributed by atoms with Crippen molar-refractivity contribution in [3.63, 3.8) is 0 Å². The quantitative estimate of drug-likeness (QED) is 0.882. The van der Waals surface area contributed by atoms with Gasteiger partial charge in [0, 0.05) is 17.3 Å². The predicted molar refractivity (Wildman–Crippen MR) is 86.5 cm³/mol. The van der Waals surface area contributed by atoms with Gasteiger partial charge in [0.25, 0.3) is 0 Å². The van der Waals surface area contributed by atoms with Gasteiger partial charge in [-0.15, -0.1) is 0 Å². The molecule has 2 fully saturated rings. The molecule has 1 spiro atoms. The van der Waals surface area contributed by atoms with E-state index in [1.165, 1.54) is 51.4 Å². The lowest BCUT2D eigenvalue weighted by Crippen LogP contribution is -2.32. The van der Waals surface area contributed by atoms with Crippen LogP contribution in [0.1, 0.15) is 67.3 Å². The van der Waals surface area contributed by atoms with Crippen molar-refractivity contribution in [3.05, 3.63) is 29.3 Å². The number of carbonyl (C=O) groups is 1. The monoisotopic (exact) mass is 286 g/mol. The molecule has 3 rings (SSSR count). The Balaban J connectivity index is 1.65. The molecule has 3 N–H and O–H groups in total. The summed E-state index contributed by atoms with van der Waals surface area (Å²) in [4.78, 5) is 11.4. The molecule has 0 radical (unpaired) electrons. The zero-order valence-corrected chi connectivity index (χ0v) is 13.0. The van der Waals surface area contributed by atoms with Crippen LogP contribution in [0.25, 0.3) is 0 Å². The summed E-state index contributed by atoms with van der Waals surface area (Å²) in [5.41, 5.74) is 8.77. The second-order valence-corrected chi connectivity index (χ2v) is 6.97. The number of amides is 1. The molecule has 2 saturated carbocycles. The Morgan fingerprint density at radius 2 is 1.86 bits per heavy atom. The van der Waals surface area contributed by atoms with E-state index >= 15 is 0 Å². The molecule has 0 atom stereocenters. The summed E-state index contributed by atoms with van der Waals surface area (Å²) in [6.45, 7) is 1.98. The van der Waals surface area contributed by atoms with E-state index in [9.17, 15) is 4.79 Å². The molecule has 0 unspecified atom stereocenters. The molecule has 0 aliphatic heterocycles. The molecule has 1 aromatic rings. The summed E-state index contributed by atoms with van der Waals surface area (Å²) in [7, 11) is 0. The van der Waals surface area contributed by atoms with Crippen molar-refractivity contribution >= 4 is 11.6 Å². The Morgan fingerprint density at radius 3 is 2.48 bits per heavy atom. The second-order valence-electron chi connectivity index (χ2n) is 6.97. The van der Waals surface area contributed by atoms with Crippen LogP contribution in [0.4, 0.5) is 5.69 Å². The van der Waals surface area contributed by atoms with Crippen molar-refractivity contribution in [1.82, 2.24) is 0 Å². The Morgan fingerprint density at radius 1 is 1.19 bits per heavy atom. The number of hydrogen-bond donors (Lipinski definition) is 2. The highest BCUT2D eigenvalue weighted by molar-refractivity contribution is 5.95. The van der Waals surface area contributed by atoms with Crippen molar-refractivity contribution in [2.45, 2.75) is 64.3 Å². The third kappa shape index (κ3) is 2.92. The van der Waals surface area contributed by atoms with Crippen LogP contribution >= 0.6 is 0 Å². The average molecular weight is 286 g/mol. The first-order valence-corrected chi connectivity index (χ1v) is 8.26. The van der Waals surface area contributed by atoms with E-state index in [1.54, 1.807) is 6.07 Å².